The monoisotopic (exact) mass is 514 g/mol. The van der Waals surface area contributed by atoms with Gasteiger partial charge in [0.05, 0.1) is 11.5 Å². The van der Waals surface area contributed by atoms with Crippen molar-refractivity contribution < 1.29 is 19.4 Å². The van der Waals surface area contributed by atoms with Gasteiger partial charge in [0.2, 0.25) is 0 Å². The number of carbonyl (C=O) groups excluding carboxylic acids is 1. The Balaban J connectivity index is 1.25. The van der Waals surface area contributed by atoms with E-state index in [0.29, 0.717) is 13.2 Å². The summed E-state index contributed by atoms with van der Waals surface area (Å²) >= 11 is 1.63. The highest BCUT2D eigenvalue weighted by Gasteiger charge is 2.22. The molecule has 3 aromatic carbocycles. The van der Waals surface area contributed by atoms with Gasteiger partial charge in [-0.3, -0.25) is 9.69 Å². The maximum atomic E-state index is 12.0. The molecule has 2 N–H and O–H groups in total. The summed E-state index contributed by atoms with van der Waals surface area (Å²) in [6.07, 6.45) is 3.91. The number of amides is 1. The molecule has 0 saturated carbocycles. The summed E-state index contributed by atoms with van der Waals surface area (Å²) in [5.41, 5.74) is 3.59. The highest BCUT2D eigenvalue weighted by molar-refractivity contribution is 7.22. The number of aliphatic hydroxyl groups excluding tert-OH is 1. The summed E-state index contributed by atoms with van der Waals surface area (Å²) < 4.78 is 13.5. The molecule has 1 fully saturated rings. The molecule has 0 spiro atoms. The lowest BCUT2D eigenvalue weighted by Gasteiger charge is -2.26. The Labute approximate surface area is 220 Å². The van der Waals surface area contributed by atoms with Crippen molar-refractivity contribution in [3.8, 4) is 27.7 Å². The average molecular weight is 515 g/mol. The number of hydrogen-bond donors (Lipinski definition) is 2. The zero-order chi connectivity index (χ0) is 25.2. The van der Waals surface area contributed by atoms with E-state index in [0.717, 1.165) is 61.0 Å². The zero-order valence-corrected chi connectivity index (χ0v) is 21.5. The van der Waals surface area contributed by atoms with Crippen LogP contribution >= 0.6 is 11.3 Å². The molecule has 190 valence electrons. The summed E-state index contributed by atoms with van der Waals surface area (Å²) in [6, 6.07) is 19.7. The molecule has 0 radical (unpaired) electrons. The third-order valence-electron chi connectivity index (χ3n) is 7.11. The lowest BCUT2D eigenvalue weighted by Crippen LogP contribution is -2.33. The van der Waals surface area contributed by atoms with E-state index < -0.39 is 0 Å². The van der Waals surface area contributed by atoms with Crippen LogP contribution in [-0.2, 0) is 13.2 Å². The Morgan fingerprint density at radius 1 is 0.946 bits per heavy atom. The van der Waals surface area contributed by atoms with Crippen molar-refractivity contribution in [2.24, 2.45) is 0 Å². The van der Waals surface area contributed by atoms with Crippen LogP contribution in [-0.4, -0.2) is 42.2 Å². The molecular formula is C30H30N2O4S. The van der Waals surface area contributed by atoms with Gasteiger partial charge in [0.1, 0.15) is 18.1 Å². The molecule has 1 aromatic heterocycles. The van der Waals surface area contributed by atoms with Crippen LogP contribution in [0.25, 0.3) is 20.5 Å². The van der Waals surface area contributed by atoms with Gasteiger partial charge in [-0.25, -0.2) is 0 Å². The van der Waals surface area contributed by atoms with Crippen LogP contribution in [0.3, 0.4) is 0 Å². The Kier molecular flexibility index (Phi) is 6.83. The van der Waals surface area contributed by atoms with E-state index in [1.807, 2.05) is 54.6 Å². The van der Waals surface area contributed by atoms with E-state index in [4.69, 9.17) is 9.47 Å². The number of thiophene rings is 1. The number of piperidine rings is 1. The van der Waals surface area contributed by atoms with Gasteiger partial charge in [0.25, 0.3) is 5.91 Å². The van der Waals surface area contributed by atoms with E-state index in [1.165, 1.54) is 32.4 Å². The lowest BCUT2D eigenvalue weighted by atomic mass is 10.0. The largest absolute Gasteiger partial charge is 0.492 e. The number of rotatable bonds is 8. The second-order valence-corrected chi connectivity index (χ2v) is 10.7. The first-order valence-electron chi connectivity index (χ1n) is 12.9. The number of hydrogen-bond acceptors (Lipinski definition) is 6. The van der Waals surface area contributed by atoms with Crippen molar-refractivity contribution in [3.05, 3.63) is 77.4 Å². The molecule has 6 rings (SSSR count). The SMILES string of the molecule is O=C1NCc2cc(-c3sc4cc(CO)ccc4c3Oc3ccc(OCCN4CCCCC4)cc3)ccc21. The van der Waals surface area contributed by atoms with Gasteiger partial charge in [0.15, 0.2) is 5.75 Å². The Bertz CT molecular complexity index is 1420. The number of likely N-dealkylation sites (tertiary alicyclic amines) is 1. The summed E-state index contributed by atoms with van der Waals surface area (Å²) in [5.74, 6) is 2.32. The first-order chi connectivity index (χ1) is 18.2. The van der Waals surface area contributed by atoms with Crippen molar-refractivity contribution in [1.82, 2.24) is 10.2 Å². The van der Waals surface area contributed by atoms with E-state index in [-0.39, 0.29) is 12.5 Å². The predicted molar refractivity (Wildman–Crippen MR) is 147 cm³/mol. The third-order valence-corrected chi connectivity index (χ3v) is 8.29. The van der Waals surface area contributed by atoms with Gasteiger partial charge in [-0.1, -0.05) is 18.6 Å². The number of aliphatic hydroxyl groups is 1. The molecular weight excluding hydrogens is 484 g/mol. The number of fused-ring (bicyclic) bond motifs is 2. The summed E-state index contributed by atoms with van der Waals surface area (Å²) in [7, 11) is 0. The number of benzene rings is 3. The van der Waals surface area contributed by atoms with Gasteiger partial charge in [-0.05, 0) is 91.2 Å². The van der Waals surface area contributed by atoms with Gasteiger partial charge in [-0.15, -0.1) is 11.3 Å². The fourth-order valence-corrected chi connectivity index (χ4v) is 6.27. The number of nitrogens with one attached hydrogen (secondary N) is 1. The van der Waals surface area contributed by atoms with Gasteiger partial charge in [0, 0.05) is 28.7 Å². The van der Waals surface area contributed by atoms with E-state index in [1.54, 1.807) is 11.3 Å². The zero-order valence-electron chi connectivity index (χ0n) is 20.7. The quantitative estimate of drug-likeness (QED) is 0.304. The maximum Gasteiger partial charge on any atom is 0.251 e. The molecule has 4 aromatic rings. The lowest BCUT2D eigenvalue weighted by molar-refractivity contribution is 0.0965. The number of nitrogens with zero attached hydrogens (tertiary/aromatic N) is 1. The molecule has 2 aliphatic heterocycles. The summed E-state index contributed by atoms with van der Waals surface area (Å²) in [6.45, 7) is 4.51. The average Bonchev–Trinajstić information content (AvgIpc) is 3.49. The summed E-state index contributed by atoms with van der Waals surface area (Å²) in [5, 5.41) is 13.5. The first-order valence-corrected chi connectivity index (χ1v) is 13.7. The Hall–Kier alpha value is -3.39. The predicted octanol–water partition coefficient (Wildman–Crippen LogP) is 5.96. The normalized spacial score (nSPS) is 15.5. The first kappa shape index (κ1) is 24.0. The van der Waals surface area contributed by atoms with Gasteiger partial charge < -0.3 is 19.9 Å². The standard InChI is InChI=1S/C30H30N2O4S/c33-19-20-4-10-26-27(16-20)37-29(21-5-11-25-22(17-21)18-31-30(25)34)28(26)36-24-8-6-23(7-9-24)35-15-14-32-12-2-1-3-13-32/h4-11,16-17,33H,1-3,12-15,18-19H2,(H,31,34). The fraction of sp³-hybridized carbons (Fsp3) is 0.300. The minimum absolute atomic E-state index is 0.00872. The van der Waals surface area contributed by atoms with Crippen LogP contribution in [0, 0.1) is 0 Å². The number of carbonyl (C=O) groups is 1. The summed E-state index contributed by atoms with van der Waals surface area (Å²) in [4.78, 5) is 15.5. The second-order valence-electron chi connectivity index (χ2n) is 9.63. The third kappa shape index (κ3) is 5.07. The van der Waals surface area contributed by atoms with Crippen molar-refractivity contribution in [3.63, 3.8) is 0 Å². The molecule has 7 heteroatoms. The minimum atomic E-state index is -0.0276. The van der Waals surface area contributed by atoms with E-state index >= 15 is 0 Å². The van der Waals surface area contributed by atoms with Crippen LogP contribution in [0.15, 0.2) is 60.7 Å². The van der Waals surface area contributed by atoms with Crippen molar-refractivity contribution in [2.45, 2.75) is 32.4 Å². The molecule has 1 saturated heterocycles. The van der Waals surface area contributed by atoms with E-state index in [2.05, 4.69) is 16.3 Å². The molecule has 0 atom stereocenters. The fourth-order valence-electron chi connectivity index (χ4n) is 5.08. The highest BCUT2D eigenvalue weighted by atomic mass is 32.1. The van der Waals surface area contributed by atoms with Crippen LogP contribution in [0.1, 0.15) is 40.7 Å². The molecule has 0 bridgehead atoms. The Morgan fingerprint density at radius 3 is 2.57 bits per heavy atom. The molecule has 0 aliphatic carbocycles. The van der Waals surface area contributed by atoms with Crippen molar-refractivity contribution in [2.75, 3.05) is 26.2 Å². The molecule has 3 heterocycles. The Morgan fingerprint density at radius 2 is 1.76 bits per heavy atom. The molecule has 6 nitrogen and oxygen atoms in total. The van der Waals surface area contributed by atoms with Crippen LogP contribution < -0.4 is 14.8 Å². The molecule has 0 unspecified atom stereocenters. The maximum absolute atomic E-state index is 12.0. The topological polar surface area (TPSA) is 71.0 Å². The van der Waals surface area contributed by atoms with Crippen molar-refractivity contribution in [1.29, 1.82) is 0 Å². The molecule has 2 aliphatic rings. The molecule has 1 amide bonds. The van der Waals surface area contributed by atoms with Gasteiger partial charge >= 0.3 is 0 Å². The van der Waals surface area contributed by atoms with Gasteiger partial charge in [-0.2, -0.15) is 0 Å². The van der Waals surface area contributed by atoms with Crippen molar-refractivity contribution >= 4 is 27.3 Å². The molecule has 37 heavy (non-hydrogen) atoms. The number of ether oxygens (including phenoxy) is 2. The van der Waals surface area contributed by atoms with Crippen LogP contribution in [0.4, 0.5) is 0 Å². The van der Waals surface area contributed by atoms with Crippen LogP contribution in [0.5, 0.6) is 17.2 Å². The second kappa shape index (κ2) is 10.5. The van der Waals surface area contributed by atoms with E-state index in [9.17, 15) is 9.90 Å². The van der Waals surface area contributed by atoms with Crippen LogP contribution in [0.2, 0.25) is 0 Å². The smallest absolute Gasteiger partial charge is 0.251 e. The highest BCUT2D eigenvalue weighted by Crippen LogP contribution is 2.47. The minimum Gasteiger partial charge on any atom is -0.492 e.